The van der Waals surface area contributed by atoms with E-state index in [4.69, 9.17) is 5.11 Å². The van der Waals surface area contributed by atoms with Crippen molar-refractivity contribution in [2.45, 2.75) is 25.4 Å². The fraction of sp³-hybridized carbons (Fsp3) is 0.625. The van der Waals surface area contributed by atoms with Gasteiger partial charge in [-0.1, -0.05) is 0 Å². The number of nitrogens with zero attached hydrogens (tertiary/aromatic N) is 5. The number of rotatable bonds is 5. The molecule has 0 saturated carbocycles. The molecular formula is C16H23N5O3. The molecule has 8 nitrogen and oxygen atoms in total. The van der Waals surface area contributed by atoms with Gasteiger partial charge in [0.25, 0.3) is 0 Å². The van der Waals surface area contributed by atoms with E-state index in [-0.39, 0.29) is 12.5 Å². The highest BCUT2D eigenvalue weighted by Crippen LogP contribution is 2.31. The van der Waals surface area contributed by atoms with Crippen LogP contribution in [0.25, 0.3) is 0 Å². The van der Waals surface area contributed by atoms with Crippen LogP contribution in [0.3, 0.4) is 0 Å². The van der Waals surface area contributed by atoms with Crippen molar-refractivity contribution in [3.8, 4) is 0 Å². The van der Waals surface area contributed by atoms with E-state index >= 15 is 0 Å². The van der Waals surface area contributed by atoms with Gasteiger partial charge in [-0.15, -0.1) is 0 Å². The first-order valence-electron chi connectivity index (χ1n) is 8.16. The van der Waals surface area contributed by atoms with E-state index in [0.717, 1.165) is 31.6 Å². The van der Waals surface area contributed by atoms with Gasteiger partial charge in [0.05, 0.1) is 0 Å². The van der Waals surface area contributed by atoms with Gasteiger partial charge in [0.15, 0.2) is 0 Å². The third-order valence-corrected chi connectivity index (χ3v) is 4.92. The van der Waals surface area contributed by atoms with E-state index in [1.165, 1.54) is 4.90 Å². The van der Waals surface area contributed by atoms with Gasteiger partial charge >= 0.3 is 5.97 Å². The Labute approximate surface area is 141 Å². The molecule has 0 aromatic carbocycles. The van der Waals surface area contributed by atoms with E-state index in [9.17, 15) is 9.59 Å². The molecule has 3 heterocycles. The standard InChI is InChI=1S/C16H23N5O3/c1-19(10-15(23)24)16-17-6-11(7-18-16)8-21-4-3-13-12(9-21)5-14(22)20(13)2/h6-7,12-13H,3-5,8-10H2,1-2H3,(H,23,24)/t12-,13+/m1/s1. The molecule has 1 N–H and O–H groups in total. The molecule has 130 valence electrons. The summed E-state index contributed by atoms with van der Waals surface area (Å²) in [4.78, 5) is 36.8. The quantitative estimate of drug-likeness (QED) is 0.814. The summed E-state index contributed by atoms with van der Waals surface area (Å²) in [6, 6.07) is 0.386. The zero-order valence-electron chi connectivity index (χ0n) is 14.1. The Morgan fingerprint density at radius 1 is 1.42 bits per heavy atom. The van der Waals surface area contributed by atoms with Crippen molar-refractivity contribution in [2.24, 2.45) is 5.92 Å². The Morgan fingerprint density at radius 3 is 2.79 bits per heavy atom. The molecule has 1 aromatic rings. The second-order valence-electron chi connectivity index (χ2n) is 6.70. The van der Waals surface area contributed by atoms with Crippen molar-refractivity contribution >= 4 is 17.8 Å². The van der Waals surface area contributed by atoms with E-state index in [1.807, 2.05) is 11.9 Å². The lowest BCUT2D eigenvalue weighted by Gasteiger charge is -2.36. The van der Waals surface area contributed by atoms with Crippen LogP contribution in [0.15, 0.2) is 12.4 Å². The van der Waals surface area contributed by atoms with Crippen molar-refractivity contribution in [3.05, 3.63) is 18.0 Å². The third kappa shape index (κ3) is 3.48. The van der Waals surface area contributed by atoms with Gasteiger partial charge in [-0.2, -0.15) is 0 Å². The zero-order valence-corrected chi connectivity index (χ0v) is 14.1. The first-order chi connectivity index (χ1) is 11.4. The maximum absolute atomic E-state index is 11.8. The number of aromatic nitrogens is 2. The summed E-state index contributed by atoms with van der Waals surface area (Å²) in [5, 5.41) is 8.80. The van der Waals surface area contributed by atoms with E-state index in [1.54, 1.807) is 19.4 Å². The summed E-state index contributed by atoms with van der Waals surface area (Å²) in [5.41, 5.74) is 0.999. The Balaban J connectivity index is 1.57. The molecule has 8 heteroatoms. The summed E-state index contributed by atoms with van der Waals surface area (Å²) in [7, 11) is 3.56. The minimum atomic E-state index is -0.913. The second-order valence-corrected chi connectivity index (χ2v) is 6.70. The number of amides is 1. The Bertz CT molecular complexity index is 621. The van der Waals surface area contributed by atoms with Gasteiger partial charge in [0.2, 0.25) is 11.9 Å². The number of fused-ring (bicyclic) bond motifs is 1. The maximum Gasteiger partial charge on any atom is 0.323 e. The van der Waals surface area contributed by atoms with Crippen molar-refractivity contribution in [1.29, 1.82) is 0 Å². The normalized spacial score (nSPS) is 24.1. The first kappa shape index (κ1) is 16.6. The molecule has 1 amide bonds. The molecule has 1 aromatic heterocycles. The Morgan fingerprint density at radius 2 is 2.12 bits per heavy atom. The summed E-state index contributed by atoms with van der Waals surface area (Å²) in [6.07, 6.45) is 5.15. The van der Waals surface area contributed by atoms with Crippen LogP contribution >= 0.6 is 0 Å². The predicted molar refractivity (Wildman–Crippen MR) is 87.5 cm³/mol. The number of carbonyl (C=O) groups is 2. The van der Waals surface area contributed by atoms with Crippen molar-refractivity contribution in [3.63, 3.8) is 0 Å². The lowest BCUT2D eigenvalue weighted by Crippen LogP contribution is -2.44. The third-order valence-electron chi connectivity index (χ3n) is 4.92. The molecular weight excluding hydrogens is 310 g/mol. The fourth-order valence-corrected chi connectivity index (χ4v) is 3.66. The molecule has 0 aliphatic carbocycles. The van der Waals surface area contributed by atoms with E-state index < -0.39 is 5.97 Å². The molecule has 2 fully saturated rings. The van der Waals surface area contributed by atoms with Crippen molar-refractivity contribution in [2.75, 3.05) is 38.6 Å². The second kappa shape index (κ2) is 6.72. The predicted octanol–water partition coefficient (Wildman–Crippen LogP) is 0.0500. The fourth-order valence-electron chi connectivity index (χ4n) is 3.66. The smallest absolute Gasteiger partial charge is 0.323 e. The summed E-state index contributed by atoms with van der Waals surface area (Å²) < 4.78 is 0. The van der Waals surface area contributed by atoms with Gasteiger partial charge < -0.3 is 14.9 Å². The maximum atomic E-state index is 11.8. The highest BCUT2D eigenvalue weighted by atomic mass is 16.4. The van der Waals surface area contributed by atoms with E-state index in [0.29, 0.717) is 24.3 Å². The molecule has 0 spiro atoms. The number of carboxylic acids is 1. The molecule has 24 heavy (non-hydrogen) atoms. The van der Waals surface area contributed by atoms with Gasteiger partial charge in [-0.05, 0) is 6.42 Å². The van der Waals surface area contributed by atoms with Gasteiger partial charge in [0.1, 0.15) is 6.54 Å². The molecule has 2 atom stereocenters. The van der Waals surface area contributed by atoms with Crippen molar-refractivity contribution < 1.29 is 14.7 Å². The van der Waals surface area contributed by atoms with Crippen LogP contribution in [-0.4, -0.2) is 76.5 Å². The Hall–Kier alpha value is -2.22. The summed E-state index contributed by atoms with van der Waals surface area (Å²) >= 11 is 0. The lowest BCUT2D eigenvalue weighted by molar-refractivity contribution is -0.135. The lowest BCUT2D eigenvalue weighted by atomic mass is 9.93. The molecule has 0 radical (unpaired) electrons. The minimum absolute atomic E-state index is 0.129. The number of anilines is 1. The van der Waals surface area contributed by atoms with Crippen LogP contribution in [0.4, 0.5) is 5.95 Å². The highest BCUT2D eigenvalue weighted by Gasteiger charge is 2.40. The first-order valence-corrected chi connectivity index (χ1v) is 8.16. The molecule has 2 saturated heterocycles. The number of likely N-dealkylation sites (N-methyl/N-ethyl adjacent to an activating group) is 1. The summed E-state index contributed by atoms with van der Waals surface area (Å²) in [5.74, 6) is 0.158. The van der Waals surface area contributed by atoms with Crippen LogP contribution in [0, 0.1) is 5.92 Å². The number of aliphatic carboxylic acids is 1. The number of hydrogen-bond donors (Lipinski definition) is 1. The van der Waals surface area contributed by atoms with Gasteiger partial charge in [0, 0.05) is 70.1 Å². The average molecular weight is 333 g/mol. The largest absolute Gasteiger partial charge is 0.480 e. The number of carboxylic acid groups (broad SMARTS) is 1. The molecule has 0 unspecified atom stereocenters. The summed E-state index contributed by atoms with van der Waals surface area (Å²) in [6.45, 7) is 2.50. The van der Waals surface area contributed by atoms with Crippen LogP contribution in [0.2, 0.25) is 0 Å². The number of hydrogen-bond acceptors (Lipinski definition) is 6. The minimum Gasteiger partial charge on any atom is -0.480 e. The monoisotopic (exact) mass is 333 g/mol. The van der Waals surface area contributed by atoms with Crippen LogP contribution in [0.1, 0.15) is 18.4 Å². The molecule has 3 rings (SSSR count). The topological polar surface area (TPSA) is 89.9 Å². The SMILES string of the molecule is CN(CC(=O)O)c1ncc(CN2CC[C@H]3[C@H](CC(=O)N3C)C2)cn1. The van der Waals surface area contributed by atoms with Crippen LogP contribution in [-0.2, 0) is 16.1 Å². The highest BCUT2D eigenvalue weighted by molar-refractivity contribution is 5.79. The average Bonchev–Trinajstić information content (AvgIpc) is 2.81. The van der Waals surface area contributed by atoms with E-state index in [2.05, 4.69) is 14.9 Å². The van der Waals surface area contributed by atoms with Gasteiger partial charge in [-0.3, -0.25) is 14.5 Å². The molecule has 0 bridgehead atoms. The van der Waals surface area contributed by atoms with Crippen LogP contribution < -0.4 is 4.90 Å². The molecule has 2 aliphatic heterocycles. The van der Waals surface area contributed by atoms with Gasteiger partial charge in [-0.25, -0.2) is 9.97 Å². The zero-order chi connectivity index (χ0) is 17.3. The number of likely N-dealkylation sites (tertiary alicyclic amines) is 2. The number of piperidine rings is 1. The Kier molecular flexibility index (Phi) is 4.66. The van der Waals surface area contributed by atoms with Crippen LogP contribution in [0.5, 0.6) is 0 Å². The van der Waals surface area contributed by atoms with Crippen molar-refractivity contribution in [1.82, 2.24) is 19.8 Å². The number of carbonyl (C=O) groups excluding carboxylic acids is 1. The molecule has 2 aliphatic rings.